The van der Waals surface area contributed by atoms with Crippen molar-refractivity contribution in [3.63, 3.8) is 0 Å². The molecule has 1 amide bonds. The molecule has 94 valence electrons. The van der Waals surface area contributed by atoms with Crippen LogP contribution in [0.1, 0.15) is 30.9 Å². The topological polar surface area (TPSA) is 75.4 Å². The normalized spacial score (nSPS) is 12.2. The molecular weight excluding hydrogens is 216 g/mol. The van der Waals surface area contributed by atoms with Crippen molar-refractivity contribution < 1.29 is 9.90 Å². The number of amides is 1. The fraction of sp³-hybridized carbons (Fsp3) is 0.462. The summed E-state index contributed by atoms with van der Waals surface area (Å²) in [7, 11) is 0. The first-order valence-electron chi connectivity index (χ1n) is 5.89. The molecule has 4 nitrogen and oxygen atoms in total. The Morgan fingerprint density at radius 3 is 2.47 bits per heavy atom. The molecule has 0 saturated carbocycles. The summed E-state index contributed by atoms with van der Waals surface area (Å²) in [5.74, 6) is -0.113. The third kappa shape index (κ3) is 4.54. The van der Waals surface area contributed by atoms with Gasteiger partial charge in [0.25, 0.3) is 0 Å². The Balaban J connectivity index is 2.41. The zero-order valence-corrected chi connectivity index (χ0v) is 10.1. The number of hydrogen-bond acceptors (Lipinski definition) is 3. The Kier molecular flexibility index (Phi) is 5.66. The quantitative estimate of drug-likeness (QED) is 0.687. The number of rotatable bonds is 6. The van der Waals surface area contributed by atoms with Crippen molar-refractivity contribution in [2.45, 2.75) is 39.0 Å². The molecule has 4 heteroatoms. The number of aliphatic hydroxyl groups is 1. The Labute approximate surface area is 102 Å². The van der Waals surface area contributed by atoms with Crippen molar-refractivity contribution in [1.82, 2.24) is 5.32 Å². The lowest BCUT2D eigenvalue weighted by molar-refractivity contribution is -0.122. The molecule has 0 aliphatic heterocycles. The standard InChI is InChI=1S/C13H20N2O2/c1-2-3-12(14)13(17)15-8-10-4-6-11(9-16)7-5-10/h4-7,12,16H,2-3,8-9,14H2,1H3,(H,15,17). The predicted molar refractivity (Wildman–Crippen MR) is 67.1 cm³/mol. The van der Waals surface area contributed by atoms with E-state index in [0.717, 1.165) is 17.5 Å². The third-order valence-electron chi connectivity index (χ3n) is 2.61. The number of carbonyl (C=O) groups excluding carboxylic acids is 1. The van der Waals surface area contributed by atoms with E-state index in [9.17, 15) is 4.79 Å². The summed E-state index contributed by atoms with van der Waals surface area (Å²) in [5, 5.41) is 11.7. The van der Waals surface area contributed by atoms with Crippen LogP contribution in [-0.2, 0) is 17.9 Å². The van der Waals surface area contributed by atoms with E-state index >= 15 is 0 Å². The van der Waals surface area contributed by atoms with E-state index in [0.29, 0.717) is 13.0 Å². The van der Waals surface area contributed by atoms with Gasteiger partial charge in [0.2, 0.25) is 5.91 Å². The molecule has 1 rings (SSSR count). The smallest absolute Gasteiger partial charge is 0.237 e. The average molecular weight is 236 g/mol. The maximum atomic E-state index is 11.6. The van der Waals surface area contributed by atoms with E-state index in [-0.39, 0.29) is 12.5 Å². The van der Waals surface area contributed by atoms with Gasteiger partial charge in [0.1, 0.15) is 0 Å². The molecule has 0 spiro atoms. The van der Waals surface area contributed by atoms with Gasteiger partial charge < -0.3 is 16.2 Å². The van der Waals surface area contributed by atoms with Gasteiger partial charge in [-0.05, 0) is 17.5 Å². The highest BCUT2D eigenvalue weighted by molar-refractivity contribution is 5.81. The maximum Gasteiger partial charge on any atom is 0.237 e. The van der Waals surface area contributed by atoms with Crippen LogP contribution in [-0.4, -0.2) is 17.1 Å². The Hall–Kier alpha value is -1.39. The van der Waals surface area contributed by atoms with Crippen LogP contribution in [0.25, 0.3) is 0 Å². The lowest BCUT2D eigenvalue weighted by Gasteiger charge is -2.11. The Morgan fingerprint density at radius 2 is 1.94 bits per heavy atom. The lowest BCUT2D eigenvalue weighted by Crippen LogP contribution is -2.40. The summed E-state index contributed by atoms with van der Waals surface area (Å²) in [5.41, 5.74) is 7.56. The summed E-state index contributed by atoms with van der Waals surface area (Å²) in [6.07, 6.45) is 1.61. The minimum atomic E-state index is -0.420. The van der Waals surface area contributed by atoms with Crippen LogP contribution in [0.3, 0.4) is 0 Å². The minimum absolute atomic E-state index is 0.0357. The Morgan fingerprint density at radius 1 is 1.35 bits per heavy atom. The highest BCUT2D eigenvalue weighted by atomic mass is 16.3. The Bertz CT molecular complexity index is 349. The molecule has 0 bridgehead atoms. The molecule has 0 heterocycles. The number of aliphatic hydroxyl groups excluding tert-OH is 1. The zero-order valence-electron chi connectivity index (χ0n) is 10.1. The fourth-order valence-electron chi connectivity index (χ4n) is 1.52. The molecule has 0 fully saturated rings. The molecule has 0 aromatic heterocycles. The van der Waals surface area contributed by atoms with E-state index < -0.39 is 6.04 Å². The zero-order chi connectivity index (χ0) is 12.7. The van der Waals surface area contributed by atoms with Crippen LogP contribution < -0.4 is 11.1 Å². The van der Waals surface area contributed by atoms with E-state index in [1.165, 1.54) is 0 Å². The molecule has 0 saturated heterocycles. The molecule has 1 aromatic carbocycles. The molecule has 0 aliphatic carbocycles. The predicted octanol–water partition coefficient (Wildman–Crippen LogP) is 0.922. The van der Waals surface area contributed by atoms with E-state index in [2.05, 4.69) is 5.32 Å². The van der Waals surface area contributed by atoms with Crippen LogP contribution in [0.2, 0.25) is 0 Å². The van der Waals surface area contributed by atoms with Crippen molar-refractivity contribution in [3.8, 4) is 0 Å². The van der Waals surface area contributed by atoms with Gasteiger partial charge in [-0.2, -0.15) is 0 Å². The summed E-state index contributed by atoms with van der Waals surface area (Å²) in [6.45, 7) is 2.51. The van der Waals surface area contributed by atoms with Crippen LogP contribution in [0.5, 0.6) is 0 Å². The highest BCUT2D eigenvalue weighted by Gasteiger charge is 2.11. The molecule has 1 atom stereocenters. The molecule has 17 heavy (non-hydrogen) atoms. The van der Waals surface area contributed by atoms with Crippen LogP contribution >= 0.6 is 0 Å². The minimum Gasteiger partial charge on any atom is -0.392 e. The summed E-state index contributed by atoms with van der Waals surface area (Å²) in [4.78, 5) is 11.6. The molecular formula is C13H20N2O2. The largest absolute Gasteiger partial charge is 0.392 e. The first kappa shape index (κ1) is 13.7. The van der Waals surface area contributed by atoms with Gasteiger partial charge in [-0.15, -0.1) is 0 Å². The highest BCUT2D eigenvalue weighted by Crippen LogP contribution is 2.04. The van der Waals surface area contributed by atoms with Gasteiger partial charge in [0.15, 0.2) is 0 Å². The molecule has 1 unspecified atom stereocenters. The van der Waals surface area contributed by atoms with Gasteiger partial charge >= 0.3 is 0 Å². The summed E-state index contributed by atoms with van der Waals surface area (Å²) >= 11 is 0. The fourth-order valence-corrected chi connectivity index (χ4v) is 1.52. The van der Waals surface area contributed by atoms with Gasteiger partial charge in [0, 0.05) is 6.54 Å². The first-order chi connectivity index (χ1) is 8.17. The van der Waals surface area contributed by atoms with E-state index in [1.54, 1.807) is 0 Å². The second-order valence-corrected chi connectivity index (χ2v) is 4.09. The van der Waals surface area contributed by atoms with Crippen molar-refractivity contribution in [1.29, 1.82) is 0 Å². The van der Waals surface area contributed by atoms with E-state index in [4.69, 9.17) is 10.8 Å². The van der Waals surface area contributed by atoms with Gasteiger partial charge in [-0.3, -0.25) is 4.79 Å². The van der Waals surface area contributed by atoms with Crippen molar-refractivity contribution in [2.24, 2.45) is 5.73 Å². The molecule has 1 aromatic rings. The number of carbonyl (C=O) groups is 1. The number of hydrogen-bond donors (Lipinski definition) is 3. The molecule has 4 N–H and O–H groups in total. The van der Waals surface area contributed by atoms with Gasteiger partial charge in [-0.1, -0.05) is 37.6 Å². The molecule has 0 aliphatic rings. The number of nitrogens with two attached hydrogens (primary N) is 1. The second kappa shape index (κ2) is 7.04. The average Bonchev–Trinajstić information content (AvgIpc) is 2.36. The van der Waals surface area contributed by atoms with E-state index in [1.807, 2.05) is 31.2 Å². The van der Waals surface area contributed by atoms with Crippen molar-refractivity contribution in [3.05, 3.63) is 35.4 Å². The monoisotopic (exact) mass is 236 g/mol. The lowest BCUT2D eigenvalue weighted by atomic mass is 10.1. The summed E-state index contributed by atoms with van der Waals surface area (Å²) < 4.78 is 0. The summed E-state index contributed by atoms with van der Waals surface area (Å²) in [6, 6.07) is 7.03. The van der Waals surface area contributed by atoms with Crippen LogP contribution in [0.15, 0.2) is 24.3 Å². The maximum absolute atomic E-state index is 11.6. The number of nitrogens with one attached hydrogen (secondary N) is 1. The van der Waals surface area contributed by atoms with Crippen LogP contribution in [0.4, 0.5) is 0 Å². The van der Waals surface area contributed by atoms with Crippen LogP contribution in [0, 0.1) is 0 Å². The SMILES string of the molecule is CCCC(N)C(=O)NCc1ccc(CO)cc1. The molecule has 0 radical (unpaired) electrons. The number of benzene rings is 1. The van der Waals surface area contributed by atoms with Gasteiger partial charge in [0.05, 0.1) is 12.6 Å². The van der Waals surface area contributed by atoms with Gasteiger partial charge in [-0.25, -0.2) is 0 Å². The third-order valence-corrected chi connectivity index (χ3v) is 2.61. The van der Waals surface area contributed by atoms with Crippen molar-refractivity contribution >= 4 is 5.91 Å². The second-order valence-electron chi connectivity index (χ2n) is 4.09. The van der Waals surface area contributed by atoms with Crippen molar-refractivity contribution in [2.75, 3.05) is 0 Å². The first-order valence-corrected chi connectivity index (χ1v) is 5.89.